The smallest absolute Gasteiger partial charge is 0.329 e. The quantitative estimate of drug-likeness (QED) is 0.378. The number of pyridine rings is 1. The van der Waals surface area contributed by atoms with Gasteiger partial charge in [0.1, 0.15) is 23.7 Å². The van der Waals surface area contributed by atoms with Gasteiger partial charge in [0.05, 0.1) is 13.2 Å². The number of aromatic nitrogens is 1. The van der Waals surface area contributed by atoms with Crippen LogP contribution in [0.3, 0.4) is 0 Å². The summed E-state index contributed by atoms with van der Waals surface area (Å²) in [6, 6.07) is 5.90. The molecule has 1 aliphatic heterocycles. The maximum atomic E-state index is 13.3. The number of nitrogens with one attached hydrogen (secondary N) is 1. The van der Waals surface area contributed by atoms with Crippen LogP contribution in [0.15, 0.2) is 36.5 Å². The van der Waals surface area contributed by atoms with Gasteiger partial charge in [0, 0.05) is 32.2 Å². The second kappa shape index (κ2) is 13.6. The second-order valence-corrected chi connectivity index (χ2v) is 8.40. The largest absolute Gasteiger partial charge is 0.493 e. The minimum absolute atomic E-state index is 0.0615. The first-order valence-electron chi connectivity index (χ1n) is 12.1. The molecule has 1 saturated heterocycles. The minimum atomic E-state index is -1.07. The fourth-order valence-electron chi connectivity index (χ4n) is 3.80. The number of cyclic esters (lactones) is 1. The molecular weight excluding hydrogens is 503 g/mol. The summed E-state index contributed by atoms with van der Waals surface area (Å²) in [5.74, 6) is -1.89. The highest BCUT2D eigenvalue weighted by atomic mass is 19.1. The molecule has 206 valence electrons. The summed E-state index contributed by atoms with van der Waals surface area (Å²) in [6.07, 6.45) is 0.144. The highest BCUT2D eigenvalue weighted by Gasteiger charge is 2.36. The average Bonchev–Trinajstić information content (AvgIpc) is 2.94. The Kier molecular flexibility index (Phi) is 10.2. The molecule has 0 aliphatic carbocycles. The van der Waals surface area contributed by atoms with Gasteiger partial charge in [-0.05, 0) is 37.6 Å². The van der Waals surface area contributed by atoms with Gasteiger partial charge < -0.3 is 33.7 Å². The van der Waals surface area contributed by atoms with E-state index in [1.165, 1.54) is 50.6 Å². The third kappa shape index (κ3) is 7.54. The van der Waals surface area contributed by atoms with Crippen LogP contribution in [0.4, 0.5) is 4.39 Å². The standard InChI is InChI=1S/C26H31FN2O9/c1-5-20-23(38-18-8-6-17(27)7-9-18)15(2)37-26(32)19(11-13-34-20)29-25(31)22-24(36-14-35-16(3)30)21(33-4)10-12-28-22/h6-10,12,15,19-20,23H,5,11,13-14H2,1-4H3,(H,29,31)/t15-,19-,20+,23-/m0/s1. The zero-order chi connectivity index (χ0) is 27.7. The number of amides is 1. The van der Waals surface area contributed by atoms with Gasteiger partial charge in [-0.2, -0.15) is 0 Å². The Morgan fingerprint density at radius 2 is 1.95 bits per heavy atom. The molecule has 2 aromatic rings. The van der Waals surface area contributed by atoms with Crippen molar-refractivity contribution in [3.05, 3.63) is 48.0 Å². The molecule has 1 aromatic heterocycles. The lowest BCUT2D eigenvalue weighted by atomic mass is 10.1. The number of hydrogen-bond donors (Lipinski definition) is 1. The lowest BCUT2D eigenvalue weighted by Crippen LogP contribution is -2.46. The minimum Gasteiger partial charge on any atom is -0.493 e. The Balaban J connectivity index is 1.76. The molecule has 1 N–H and O–H groups in total. The molecule has 0 spiro atoms. The molecule has 1 fully saturated rings. The second-order valence-electron chi connectivity index (χ2n) is 8.40. The number of benzene rings is 1. The number of ether oxygens (including phenoxy) is 6. The fraction of sp³-hybridized carbons (Fsp3) is 0.462. The molecule has 0 unspecified atom stereocenters. The average molecular weight is 535 g/mol. The van der Waals surface area contributed by atoms with Gasteiger partial charge in [-0.15, -0.1) is 0 Å². The summed E-state index contributed by atoms with van der Waals surface area (Å²) in [5, 5.41) is 2.61. The van der Waals surface area contributed by atoms with E-state index in [1.807, 2.05) is 6.92 Å². The topological polar surface area (TPSA) is 132 Å². The van der Waals surface area contributed by atoms with E-state index < -0.39 is 54.8 Å². The molecule has 0 bridgehead atoms. The number of carbonyl (C=O) groups is 3. The molecule has 0 saturated carbocycles. The maximum Gasteiger partial charge on any atom is 0.329 e. The predicted octanol–water partition coefficient (Wildman–Crippen LogP) is 2.81. The summed E-state index contributed by atoms with van der Waals surface area (Å²) in [5.41, 5.74) is -0.179. The van der Waals surface area contributed by atoms with Crippen molar-refractivity contribution in [2.75, 3.05) is 20.5 Å². The van der Waals surface area contributed by atoms with E-state index >= 15 is 0 Å². The Morgan fingerprint density at radius 1 is 1.21 bits per heavy atom. The third-order valence-electron chi connectivity index (χ3n) is 5.72. The van der Waals surface area contributed by atoms with Gasteiger partial charge in [0.2, 0.25) is 6.79 Å². The predicted molar refractivity (Wildman–Crippen MR) is 130 cm³/mol. The van der Waals surface area contributed by atoms with E-state index in [2.05, 4.69) is 10.3 Å². The maximum absolute atomic E-state index is 13.3. The van der Waals surface area contributed by atoms with Crippen molar-refractivity contribution in [1.29, 1.82) is 0 Å². The molecule has 1 amide bonds. The SMILES string of the molecule is CC[C@H]1OCC[C@H](NC(=O)c2nccc(OC)c2OCOC(C)=O)C(=O)O[C@@H](C)[C@@H]1Oc1ccc(F)cc1. The molecule has 11 nitrogen and oxygen atoms in total. The lowest BCUT2D eigenvalue weighted by molar-refractivity contribution is -0.157. The van der Waals surface area contributed by atoms with Crippen molar-refractivity contribution in [2.24, 2.45) is 0 Å². The van der Waals surface area contributed by atoms with E-state index in [0.29, 0.717) is 12.2 Å². The van der Waals surface area contributed by atoms with E-state index in [9.17, 15) is 18.8 Å². The normalized spacial score (nSPS) is 21.7. The number of methoxy groups -OCH3 is 1. The molecule has 4 atom stereocenters. The Morgan fingerprint density at radius 3 is 2.61 bits per heavy atom. The first-order valence-corrected chi connectivity index (χ1v) is 12.1. The van der Waals surface area contributed by atoms with Crippen LogP contribution in [0.1, 0.15) is 44.1 Å². The molecule has 0 radical (unpaired) electrons. The molecule has 2 heterocycles. The number of rotatable bonds is 9. The van der Waals surface area contributed by atoms with Crippen LogP contribution in [0, 0.1) is 5.82 Å². The van der Waals surface area contributed by atoms with Crippen LogP contribution < -0.4 is 19.5 Å². The van der Waals surface area contributed by atoms with Crippen molar-refractivity contribution in [2.45, 2.75) is 58.0 Å². The molecule has 1 aliphatic rings. The summed E-state index contributed by atoms with van der Waals surface area (Å²) < 4.78 is 46.4. The number of nitrogens with zero attached hydrogens (tertiary/aromatic N) is 1. The summed E-state index contributed by atoms with van der Waals surface area (Å²) in [7, 11) is 1.37. The van der Waals surface area contributed by atoms with Gasteiger partial charge in [-0.3, -0.25) is 9.59 Å². The van der Waals surface area contributed by atoms with E-state index in [0.717, 1.165) is 0 Å². The van der Waals surface area contributed by atoms with E-state index in [4.69, 9.17) is 28.4 Å². The first-order chi connectivity index (χ1) is 18.2. The molecule has 12 heteroatoms. The molecular formula is C26H31FN2O9. The van der Waals surface area contributed by atoms with Gasteiger partial charge >= 0.3 is 11.9 Å². The van der Waals surface area contributed by atoms with Crippen LogP contribution in [0.5, 0.6) is 17.2 Å². The van der Waals surface area contributed by atoms with Crippen molar-refractivity contribution < 1.29 is 47.2 Å². The summed E-state index contributed by atoms with van der Waals surface area (Å²) >= 11 is 0. The van der Waals surface area contributed by atoms with Crippen molar-refractivity contribution in [3.8, 4) is 17.2 Å². The van der Waals surface area contributed by atoms with Gasteiger partial charge in [0.15, 0.2) is 23.3 Å². The number of esters is 2. The number of halogens is 1. The van der Waals surface area contributed by atoms with Crippen molar-refractivity contribution >= 4 is 17.8 Å². The first kappa shape index (κ1) is 28.6. The number of carbonyl (C=O) groups excluding carboxylic acids is 3. The zero-order valence-electron chi connectivity index (χ0n) is 21.6. The molecule has 38 heavy (non-hydrogen) atoms. The van der Waals surface area contributed by atoms with Crippen molar-refractivity contribution in [1.82, 2.24) is 10.3 Å². The summed E-state index contributed by atoms with van der Waals surface area (Å²) in [4.78, 5) is 41.3. The van der Waals surface area contributed by atoms with Crippen LogP contribution in [0.2, 0.25) is 0 Å². The van der Waals surface area contributed by atoms with E-state index in [-0.39, 0.29) is 30.2 Å². The van der Waals surface area contributed by atoms with Crippen molar-refractivity contribution in [3.63, 3.8) is 0 Å². The fourth-order valence-corrected chi connectivity index (χ4v) is 3.80. The van der Waals surface area contributed by atoms with Crippen LogP contribution >= 0.6 is 0 Å². The third-order valence-corrected chi connectivity index (χ3v) is 5.72. The Hall–Kier alpha value is -3.93. The highest BCUT2D eigenvalue weighted by Crippen LogP contribution is 2.30. The Bertz CT molecular complexity index is 1110. The van der Waals surface area contributed by atoms with Gasteiger partial charge in [-0.1, -0.05) is 6.92 Å². The van der Waals surface area contributed by atoms with E-state index in [1.54, 1.807) is 6.92 Å². The van der Waals surface area contributed by atoms with Gasteiger partial charge in [-0.25, -0.2) is 14.2 Å². The highest BCUT2D eigenvalue weighted by molar-refractivity contribution is 5.98. The Labute approximate surface area is 219 Å². The van der Waals surface area contributed by atoms with Crippen LogP contribution in [-0.4, -0.2) is 67.7 Å². The van der Waals surface area contributed by atoms with Gasteiger partial charge in [0.25, 0.3) is 5.91 Å². The summed E-state index contributed by atoms with van der Waals surface area (Å²) in [6.45, 7) is 4.43. The number of hydrogen-bond acceptors (Lipinski definition) is 10. The zero-order valence-corrected chi connectivity index (χ0v) is 21.6. The van der Waals surface area contributed by atoms with Crippen LogP contribution in [-0.2, 0) is 23.8 Å². The lowest BCUT2D eigenvalue weighted by Gasteiger charge is -2.30. The van der Waals surface area contributed by atoms with Crippen LogP contribution in [0.25, 0.3) is 0 Å². The monoisotopic (exact) mass is 534 g/mol. The molecule has 1 aromatic carbocycles. The molecule has 3 rings (SSSR count).